The number of carbonyl (C=O) groups excluding carboxylic acids is 2. The maximum atomic E-state index is 13.2. The van der Waals surface area contributed by atoms with Gasteiger partial charge < -0.3 is 29.5 Å². The Hall–Kier alpha value is -3.52. The number of ketones is 1. The zero-order valence-electron chi connectivity index (χ0n) is 21.7. The van der Waals surface area contributed by atoms with E-state index in [1.54, 1.807) is 37.3 Å². The molecule has 1 aliphatic rings. The van der Waals surface area contributed by atoms with Crippen LogP contribution in [0.1, 0.15) is 49.4 Å². The predicted molar refractivity (Wildman–Crippen MR) is 138 cm³/mol. The highest BCUT2D eigenvalue weighted by Gasteiger charge is 2.46. The highest BCUT2D eigenvalue weighted by molar-refractivity contribution is 6.46. The minimum atomic E-state index is -0.828. The van der Waals surface area contributed by atoms with E-state index in [-0.39, 0.29) is 29.4 Å². The van der Waals surface area contributed by atoms with Gasteiger partial charge >= 0.3 is 0 Å². The van der Waals surface area contributed by atoms with Crippen LogP contribution < -0.4 is 9.47 Å². The van der Waals surface area contributed by atoms with Crippen LogP contribution in [0, 0.1) is 6.92 Å². The summed E-state index contributed by atoms with van der Waals surface area (Å²) in [5.41, 5.74) is 1.81. The van der Waals surface area contributed by atoms with Crippen molar-refractivity contribution in [1.29, 1.82) is 0 Å². The quantitative estimate of drug-likeness (QED) is 0.208. The van der Waals surface area contributed by atoms with Crippen LogP contribution in [-0.2, 0) is 9.59 Å². The largest absolute Gasteiger partial charge is 0.507 e. The van der Waals surface area contributed by atoms with Crippen molar-refractivity contribution in [1.82, 2.24) is 9.80 Å². The molecule has 36 heavy (non-hydrogen) atoms. The van der Waals surface area contributed by atoms with Gasteiger partial charge in [0.05, 0.1) is 24.8 Å². The first-order valence-corrected chi connectivity index (χ1v) is 12.3. The van der Waals surface area contributed by atoms with Gasteiger partial charge in [-0.2, -0.15) is 0 Å². The van der Waals surface area contributed by atoms with Crippen LogP contribution in [0.5, 0.6) is 17.2 Å². The summed E-state index contributed by atoms with van der Waals surface area (Å²) in [7, 11) is 3.76. The number of aliphatic hydroxyl groups is 1. The van der Waals surface area contributed by atoms with E-state index in [9.17, 15) is 19.8 Å². The molecular formula is C28H36N2O6. The number of hydrogen-bond donors (Lipinski definition) is 2. The van der Waals surface area contributed by atoms with Crippen LogP contribution >= 0.6 is 0 Å². The number of aromatic hydroxyl groups is 1. The number of unbranched alkanes of at least 4 members (excludes halogenated alkanes) is 1. The molecule has 2 N–H and O–H groups in total. The van der Waals surface area contributed by atoms with Crippen LogP contribution in [0.2, 0.25) is 0 Å². The summed E-state index contributed by atoms with van der Waals surface area (Å²) in [4.78, 5) is 29.7. The van der Waals surface area contributed by atoms with Crippen molar-refractivity contribution in [2.75, 3.05) is 40.4 Å². The summed E-state index contributed by atoms with van der Waals surface area (Å²) in [5.74, 6) is -0.755. The topological polar surface area (TPSA) is 99.5 Å². The second-order valence-corrected chi connectivity index (χ2v) is 9.14. The molecule has 1 atom stereocenters. The minimum Gasteiger partial charge on any atom is -0.507 e. The van der Waals surface area contributed by atoms with Crippen LogP contribution in [0.3, 0.4) is 0 Å². The maximum absolute atomic E-state index is 13.2. The Morgan fingerprint density at radius 1 is 1.06 bits per heavy atom. The van der Waals surface area contributed by atoms with E-state index >= 15 is 0 Å². The van der Waals surface area contributed by atoms with Gasteiger partial charge in [-0.25, -0.2) is 0 Å². The third-order valence-corrected chi connectivity index (χ3v) is 6.13. The fraction of sp³-hybridized carbons (Fsp3) is 0.429. The van der Waals surface area contributed by atoms with E-state index in [4.69, 9.17) is 9.47 Å². The summed E-state index contributed by atoms with van der Waals surface area (Å²) < 4.78 is 11.4. The molecule has 1 fully saturated rings. The lowest BCUT2D eigenvalue weighted by atomic mass is 9.94. The molecule has 2 aromatic rings. The molecule has 8 nitrogen and oxygen atoms in total. The van der Waals surface area contributed by atoms with Crippen molar-refractivity contribution in [3.05, 3.63) is 58.7 Å². The standard InChI is InChI=1S/C28H36N2O6/c1-6-8-15-36-22-12-10-20(16-18(22)3)26(32)24-25(19-9-11-21(31)23(17-19)35-7-2)30(14-13-29(4)5)28(34)27(24)33/h9-12,16-17,25,31-32H,6-8,13-15H2,1-5H3/t25-/m0/s1. The average Bonchev–Trinajstić information content (AvgIpc) is 3.09. The van der Waals surface area contributed by atoms with Crippen LogP contribution in [0.4, 0.5) is 0 Å². The van der Waals surface area contributed by atoms with Crippen molar-refractivity contribution in [3.8, 4) is 17.2 Å². The first-order chi connectivity index (χ1) is 17.2. The Morgan fingerprint density at radius 3 is 2.44 bits per heavy atom. The molecule has 2 aromatic carbocycles. The molecule has 1 saturated heterocycles. The molecule has 194 valence electrons. The van der Waals surface area contributed by atoms with Gasteiger partial charge in [-0.15, -0.1) is 0 Å². The van der Waals surface area contributed by atoms with Gasteiger partial charge in [0.2, 0.25) is 0 Å². The highest BCUT2D eigenvalue weighted by atomic mass is 16.5. The third kappa shape index (κ3) is 5.82. The second-order valence-electron chi connectivity index (χ2n) is 9.14. The van der Waals surface area contributed by atoms with E-state index < -0.39 is 17.7 Å². The number of hydrogen-bond acceptors (Lipinski definition) is 7. The molecule has 0 bridgehead atoms. The zero-order valence-corrected chi connectivity index (χ0v) is 21.7. The van der Waals surface area contributed by atoms with E-state index in [0.717, 1.165) is 18.4 Å². The molecular weight excluding hydrogens is 460 g/mol. The van der Waals surface area contributed by atoms with E-state index in [0.29, 0.717) is 36.6 Å². The lowest BCUT2D eigenvalue weighted by Gasteiger charge is -2.27. The third-order valence-electron chi connectivity index (χ3n) is 6.13. The SMILES string of the molecule is CCCCOc1ccc(C(O)=C2C(=O)C(=O)N(CCN(C)C)[C@H]2c2ccc(O)c(OCC)c2)cc1C. The number of rotatable bonds is 11. The fourth-order valence-corrected chi connectivity index (χ4v) is 4.18. The maximum Gasteiger partial charge on any atom is 0.295 e. The van der Waals surface area contributed by atoms with Gasteiger partial charge in [0.15, 0.2) is 11.5 Å². The number of nitrogens with zero attached hydrogens (tertiary/aromatic N) is 2. The highest BCUT2D eigenvalue weighted by Crippen LogP contribution is 2.42. The fourth-order valence-electron chi connectivity index (χ4n) is 4.18. The lowest BCUT2D eigenvalue weighted by molar-refractivity contribution is -0.140. The van der Waals surface area contributed by atoms with E-state index in [1.807, 2.05) is 25.9 Å². The van der Waals surface area contributed by atoms with E-state index in [1.165, 1.54) is 11.0 Å². The van der Waals surface area contributed by atoms with Crippen LogP contribution in [0.15, 0.2) is 42.0 Å². The monoisotopic (exact) mass is 496 g/mol. The first-order valence-electron chi connectivity index (χ1n) is 12.3. The molecule has 8 heteroatoms. The van der Waals surface area contributed by atoms with Gasteiger partial charge in [0, 0.05) is 18.7 Å². The summed E-state index contributed by atoms with van der Waals surface area (Å²) in [6.45, 7) is 7.52. The zero-order chi connectivity index (χ0) is 26.4. The number of phenols is 1. The number of likely N-dealkylation sites (tertiary alicyclic amines) is 1. The number of Topliss-reactive ketones (excluding diaryl/α,β-unsaturated/α-hetero) is 1. The average molecular weight is 497 g/mol. The number of phenolic OH excluding ortho intramolecular Hbond substituents is 1. The second kappa shape index (κ2) is 11.9. The predicted octanol–water partition coefficient (Wildman–Crippen LogP) is 4.26. The Labute approximate surface area is 212 Å². The molecule has 0 radical (unpaired) electrons. The summed E-state index contributed by atoms with van der Waals surface area (Å²) >= 11 is 0. The van der Waals surface area contributed by atoms with Gasteiger partial charge in [0.25, 0.3) is 11.7 Å². The van der Waals surface area contributed by atoms with Crippen molar-refractivity contribution in [2.24, 2.45) is 0 Å². The number of carbonyl (C=O) groups is 2. The van der Waals surface area contributed by atoms with Gasteiger partial charge in [-0.1, -0.05) is 19.4 Å². The number of benzene rings is 2. The number of amides is 1. The number of ether oxygens (including phenoxy) is 2. The lowest BCUT2D eigenvalue weighted by Crippen LogP contribution is -2.35. The molecule has 0 aliphatic carbocycles. The summed E-state index contributed by atoms with van der Waals surface area (Å²) in [5, 5.41) is 21.5. The van der Waals surface area contributed by atoms with Crippen molar-refractivity contribution in [3.63, 3.8) is 0 Å². The Kier molecular flexibility index (Phi) is 8.98. The molecule has 0 spiro atoms. The van der Waals surface area contributed by atoms with Gasteiger partial charge in [0.1, 0.15) is 11.5 Å². The number of aliphatic hydroxyl groups excluding tert-OH is 1. The summed E-state index contributed by atoms with van der Waals surface area (Å²) in [6.07, 6.45) is 1.96. The minimum absolute atomic E-state index is 0.00551. The Bertz CT molecular complexity index is 1140. The van der Waals surface area contributed by atoms with Gasteiger partial charge in [-0.05, 0) is 75.8 Å². The summed E-state index contributed by atoms with van der Waals surface area (Å²) in [6, 6.07) is 9.11. The van der Waals surface area contributed by atoms with Crippen molar-refractivity contribution in [2.45, 2.75) is 39.7 Å². The number of aryl methyl sites for hydroxylation is 1. The van der Waals surface area contributed by atoms with Crippen molar-refractivity contribution < 1.29 is 29.3 Å². The molecule has 1 heterocycles. The van der Waals surface area contributed by atoms with Crippen LogP contribution in [-0.4, -0.2) is 72.1 Å². The normalized spacial score (nSPS) is 17.2. The smallest absolute Gasteiger partial charge is 0.295 e. The van der Waals surface area contributed by atoms with Crippen LogP contribution in [0.25, 0.3) is 5.76 Å². The molecule has 0 aromatic heterocycles. The Balaban J connectivity index is 2.10. The van der Waals surface area contributed by atoms with E-state index in [2.05, 4.69) is 6.92 Å². The Morgan fingerprint density at radius 2 is 1.81 bits per heavy atom. The number of likely N-dealkylation sites (N-methyl/N-ethyl adjacent to an activating group) is 1. The van der Waals surface area contributed by atoms with Crippen molar-refractivity contribution >= 4 is 17.4 Å². The molecule has 3 rings (SSSR count). The first kappa shape index (κ1) is 27.1. The molecule has 1 aliphatic heterocycles. The molecule has 0 saturated carbocycles. The molecule has 0 unspecified atom stereocenters. The van der Waals surface area contributed by atoms with Gasteiger partial charge in [-0.3, -0.25) is 9.59 Å². The molecule has 1 amide bonds.